The number of hydrogen-bond acceptors (Lipinski definition) is 3. The van der Waals surface area contributed by atoms with Gasteiger partial charge in [-0.25, -0.2) is 4.79 Å². The molecule has 0 amide bonds. The summed E-state index contributed by atoms with van der Waals surface area (Å²) in [5, 5.41) is 0.494. The van der Waals surface area contributed by atoms with Gasteiger partial charge in [0.2, 0.25) is 0 Å². The number of rotatable bonds is 5. The lowest BCUT2D eigenvalue weighted by molar-refractivity contribution is -0.146. The first kappa shape index (κ1) is 12.8. The van der Waals surface area contributed by atoms with Gasteiger partial charge in [0.05, 0.1) is 11.6 Å². The Morgan fingerprint density at radius 3 is 2.88 bits per heavy atom. The summed E-state index contributed by atoms with van der Waals surface area (Å²) in [6.07, 6.45) is 0.803. The Hall–Kier alpha value is -1.22. The Kier molecular flexibility index (Phi) is 5.12. The van der Waals surface area contributed by atoms with E-state index in [4.69, 9.17) is 21.1 Å². The molecule has 3 nitrogen and oxygen atoms in total. The monoisotopic (exact) mass is 242 g/mol. The molecule has 4 heteroatoms. The third-order valence-corrected chi connectivity index (χ3v) is 2.21. The maximum Gasteiger partial charge on any atom is 0.344 e. The van der Waals surface area contributed by atoms with Crippen molar-refractivity contribution in [2.45, 2.75) is 20.3 Å². The highest BCUT2D eigenvalue weighted by atomic mass is 35.5. The zero-order valence-electron chi connectivity index (χ0n) is 9.46. The molecule has 0 saturated carbocycles. The summed E-state index contributed by atoms with van der Waals surface area (Å²) in [7, 11) is 0. The van der Waals surface area contributed by atoms with Crippen LogP contribution in [0.15, 0.2) is 18.2 Å². The summed E-state index contributed by atoms with van der Waals surface area (Å²) in [6, 6.07) is 5.41. The molecule has 1 aromatic rings. The van der Waals surface area contributed by atoms with Gasteiger partial charge in [-0.3, -0.25) is 0 Å². The molecule has 0 atom stereocenters. The molecule has 0 aliphatic carbocycles. The highest BCUT2D eigenvalue weighted by Crippen LogP contribution is 2.25. The Labute approximate surface area is 100 Å². The standard InChI is InChI=1S/C12H15ClO3/c1-3-6-15-12(14)8-16-11-7-9(2)4-5-10(11)13/h4-5,7H,3,6,8H2,1-2H3. The summed E-state index contributed by atoms with van der Waals surface area (Å²) in [4.78, 5) is 11.2. The first-order valence-corrected chi connectivity index (χ1v) is 5.56. The predicted octanol–water partition coefficient (Wildman–Crippen LogP) is 2.98. The van der Waals surface area contributed by atoms with E-state index in [0.717, 1.165) is 12.0 Å². The van der Waals surface area contributed by atoms with Crippen LogP contribution in [0, 0.1) is 6.92 Å². The second-order valence-corrected chi connectivity index (χ2v) is 3.85. The number of aryl methyl sites for hydroxylation is 1. The number of hydrogen-bond donors (Lipinski definition) is 0. The SMILES string of the molecule is CCCOC(=O)COc1cc(C)ccc1Cl. The fraction of sp³-hybridized carbons (Fsp3) is 0.417. The largest absolute Gasteiger partial charge is 0.480 e. The number of esters is 1. The topological polar surface area (TPSA) is 35.5 Å². The summed E-state index contributed by atoms with van der Waals surface area (Å²) < 4.78 is 10.1. The first-order valence-electron chi connectivity index (χ1n) is 5.18. The van der Waals surface area contributed by atoms with E-state index in [0.29, 0.717) is 17.4 Å². The minimum atomic E-state index is -0.376. The average molecular weight is 243 g/mol. The molecule has 0 bridgehead atoms. The van der Waals surface area contributed by atoms with Crippen molar-refractivity contribution >= 4 is 17.6 Å². The number of benzene rings is 1. The second-order valence-electron chi connectivity index (χ2n) is 3.44. The molecule has 0 N–H and O–H groups in total. The van der Waals surface area contributed by atoms with Crippen LogP contribution >= 0.6 is 11.6 Å². The van der Waals surface area contributed by atoms with Crippen LogP contribution in [-0.4, -0.2) is 19.2 Å². The molecule has 0 radical (unpaired) electrons. The van der Waals surface area contributed by atoms with Crippen LogP contribution in [0.2, 0.25) is 5.02 Å². The third-order valence-electron chi connectivity index (χ3n) is 1.90. The van der Waals surface area contributed by atoms with Crippen LogP contribution in [0.3, 0.4) is 0 Å². The minimum absolute atomic E-state index is 0.108. The van der Waals surface area contributed by atoms with Crippen LogP contribution in [0.25, 0.3) is 0 Å². The van der Waals surface area contributed by atoms with Gasteiger partial charge in [0.15, 0.2) is 6.61 Å². The fourth-order valence-corrected chi connectivity index (χ4v) is 1.29. The van der Waals surface area contributed by atoms with Crippen molar-refractivity contribution in [3.63, 3.8) is 0 Å². The van der Waals surface area contributed by atoms with E-state index in [-0.39, 0.29) is 12.6 Å². The van der Waals surface area contributed by atoms with Crippen LogP contribution in [-0.2, 0) is 9.53 Å². The van der Waals surface area contributed by atoms with Crippen LogP contribution in [0.4, 0.5) is 0 Å². The van der Waals surface area contributed by atoms with Gasteiger partial charge in [-0.05, 0) is 31.0 Å². The maximum absolute atomic E-state index is 11.2. The Balaban J connectivity index is 2.47. The summed E-state index contributed by atoms with van der Waals surface area (Å²) >= 11 is 5.91. The molecule has 88 valence electrons. The Morgan fingerprint density at radius 2 is 2.19 bits per heavy atom. The predicted molar refractivity (Wildman–Crippen MR) is 62.9 cm³/mol. The van der Waals surface area contributed by atoms with Gasteiger partial charge >= 0.3 is 5.97 Å². The van der Waals surface area contributed by atoms with Crippen molar-refractivity contribution in [1.29, 1.82) is 0 Å². The normalized spacial score (nSPS) is 9.94. The molecule has 0 aliphatic heterocycles. The zero-order chi connectivity index (χ0) is 12.0. The number of carbonyl (C=O) groups is 1. The van der Waals surface area contributed by atoms with Gasteiger partial charge in [-0.1, -0.05) is 24.6 Å². The summed E-state index contributed by atoms with van der Waals surface area (Å²) in [5.41, 5.74) is 1.03. The van der Waals surface area contributed by atoms with Crippen molar-refractivity contribution in [3.8, 4) is 5.75 Å². The summed E-state index contributed by atoms with van der Waals surface area (Å²) in [6.45, 7) is 4.18. The molecular formula is C12H15ClO3. The molecule has 0 unspecified atom stereocenters. The highest BCUT2D eigenvalue weighted by molar-refractivity contribution is 6.32. The van der Waals surface area contributed by atoms with Gasteiger partial charge < -0.3 is 9.47 Å². The molecule has 0 aliphatic rings. The maximum atomic E-state index is 11.2. The van der Waals surface area contributed by atoms with E-state index in [1.54, 1.807) is 12.1 Å². The molecule has 0 fully saturated rings. The van der Waals surface area contributed by atoms with E-state index < -0.39 is 0 Å². The van der Waals surface area contributed by atoms with Gasteiger partial charge in [0, 0.05) is 0 Å². The van der Waals surface area contributed by atoms with E-state index in [2.05, 4.69) is 0 Å². The molecule has 1 aromatic carbocycles. The van der Waals surface area contributed by atoms with Crippen LogP contribution in [0.1, 0.15) is 18.9 Å². The van der Waals surface area contributed by atoms with Gasteiger partial charge in [-0.15, -0.1) is 0 Å². The lowest BCUT2D eigenvalue weighted by Crippen LogP contribution is -2.15. The molecule has 1 rings (SSSR count). The molecule has 0 aromatic heterocycles. The molecule has 0 saturated heterocycles. The molecule has 0 spiro atoms. The first-order chi connectivity index (χ1) is 7.63. The van der Waals surface area contributed by atoms with Crippen molar-refractivity contribution < 1.29 is 14.3 Å². The molecule has 0 heterocycles. The zero-order valence-corrected chi connectivity index (χ0v) is 10.2. The number of ether oxygens (including phenoxy) is 2. The smallest absolute Gasteiger partial charge is 0.344 e. The lowest BCUT2D eigenvalue weighted by atomic mass is 10.2. The highest BCUT2D eigenvalue weighted by Gasteiger charge is 2.06. The fourth-order valence-electron chi connectivity index (χ4n) is 1.12. The Morgan fingerprint density at radius 1 is 1.44 bits per heavy atom. The van der Waals surface area contributed by atoms with Gasteiger partial charge in [0.25, 0.3) is 0 Å². The van der Waals surface area contributed by atoms with Crippen molar-refractivity contribution in [2.75, 3.05) is 13.2 Å². The Bertz CT molecular complexity index is 363. The van der Waals surface area contributed by atoms with Crippen LogP contribution in [0.5, 0.6) is 5.75 Å². The van der Waals surface area contributed by atoms with Crippen molar-refractivity contribution in [2.24, 2.45) is 0 Å². The summed E-state index contributed by atoms with van der Waals surface area (Å²) in [5.74, 6) is 0.134. The van der Waals surface area contributed by atoms with E-state index in [9.17, 15) is 4.79 Å². The van der Waals surface area contributed by atoms with Crippen LogP contribution < -0.4 is 4.74 Å². The average Bonchev–Trinajstić information content (AvgIpc) is 2.27. The van der Waals surface area contributed by atoms with E-state index in [1.807, 2.05) is 19.9 Å². The van der Waals surface area contributed by atoms with E-state index in [1.165, 1.54) is 0 Å². The molecule has 16 heavy (non-hydrogen) atoms. The second kappa shape index (κ2) is 6.38. The number of carbonyl (C=O) groups excluding carboxylic acids is 1. The van der Waals surface area contributed by atoms with Crippen molar-refractivity contribution in [1.82, 2.24) is 0 Å². The minimum Gasteiger partial charge on any atom is -0.480 e. The van der Waals surface area contributed by atoms with Gasteiger partial charge in [-0.2, -0.15) is 0 Å². The number of halogens is 1. The third kappa shape index (κ3) is 4.11. The van der Waals surface area contributed by atoms with Gasteiger partial charge in [0.1, 0.15) is 5.75 Å². The quantitative estimate of drug-likeness (QED) is 0.745. The van der Waals surface area contributed by atoms with E-state index >= 15 is 0 Å². The van der Waals surface area contributed by atoms with Crippen molar-refractivity contribution in [3.05, 3.63) is 28.8 Å². The lowest BCUT2D eigenvalue weighted by Gasteiger charge is -2.08. The molecular weight excluding hydrogens is 228 g/mol.